The molecule has 4 saturated carbocycles. The van der Waals surface area contributed by atoms with E-state index in [1.54, 1.807) is 4.90 Å². The van der Waals surface area contributed by atoms with Crippen LogP contribution in [0.2, 0.25) is 0 Å². The van der Waals surface area contributed by atoms with Gasteiger partial charge in [0.2, 0.25) is 11.8 Å². The van der Waals surface area contributed by atoms with E-state index in [0.29, 0.717) is 25.9 Å². The van der Waals surface area contributed by atoms with Gasteiger partial charge >= 0.3 is 5.97 Å². The van der Waals surface area contributed by atoms with Crippen molar-refractivity contribution in [3.63, 3.8) is 0 Å². The number of hydrogen-bond acceptors (Lipinski definition) is 3. The Labute approximate surface area is 167 Å². The molecule has 1 heterocycles. The summed E-state index contributed by atoms with van der Waals surface area (Å²) in [7, 11) is 0. The minimum atomic E-state index is -0.777. The molecule has 0 radical (unpaired) electrons. The van der Waals surface area contributed by atoms with Crippen molar-refractivity contribution in [1.29, 1.82) is 0 Å². The molecule has 1 atom stereocenters. The number of carbonyl (C=O) groups is 3. The van der Waals surface area contributed by atoms with Crippen LogP contribution in [0.5, 0.6) is 0 Å². The van der Waals surface area contributed by atoms with Crippen LogP contribution in [0.4, 0.5) is 0 Å². The van der Waals surface area contributed by atoms with E-state index in [1.807, 2.05) is 0 Å². The first kappa shape index (κ1) is 19.7. The van der Waals surface area contributed by atoms with Gasteiger partial charge in [-0.15, -0.1) is 0 Å². The number of piperidine rings is 1. The van der Waals surface area contributed by atoms with Crippen LogP contribution < -0.4 is 5.32 Å². The molecule has 156 valence electrons. The summed E-state index contributed by atoms with van der Waals surface area (Å²) in [4.78, 5) is 37.7. The Kier molecular flexibility index (Phi) is 5.66. The van der Waals surface area contributed by atoms with Gasteiger partial charge in [0, 0.05) is 25.9 Å². The van der Waals surface area contributed by atoms with Crippen molar-refractivity contribution in [2.75, 3.05) is 19.6 Å². The zero-order valence-corrected chi connectivity index (χ0v) is 16.8. The van der Waals surface area contributed by atoms with Crippen molar-refractivity contribution in [3.05, 3.63) is 0 Å². The predicted molar refractivity (Wildman–Crippen MR) is 104 cm³/mol. The van der Waals surface area contributed by atoms with Gasteiger partial charge in [0.15, 0.2) is 0 Å². The van der Waals surface area contributed by atoms with Crippen LogP contribution in [0.1, 0.15) is 70.6 Å². The Bertz CT molecular complexity index is 597. The van der Waals surface area contributed by atoms with Crippen LogP contribution in [0.25, 0.3) is 0 Å². The normalized spacial score (nSPS) is 36.4. The average Bonchev–Trinajstić information content (AvgIpc) is 2.63. The SMILES string of the molecule is O=C(O)CCC1CCCN(C(=O)CNC(=O)CC23CC4CC(CC(C4)C2)C3)C1. The maximum atomic E-state index is 12.6. The second-order valence-electron chi connectivity index (χ2n) is 10.2. The number of rotatable bonds is 7. The molecule has 4 bridgehead atoms. The van der Waals surface area contributed by atoms with Gasteiger partial charge in [-0.1, -0.05) is 0 Å². The molecule has 1 saturated heterocycles. The van der Waals surface area contributed by atoms with Gasteiger partial charge in [-0.05, 0) is 86.9 Å². The van der Waals surface area contributed by atoms with Crippen LogP contribution in [-0.4, -0.2) is 47.4 Å². The van der Waals surface area contributed by atoms with Gasteiger partial charge in [-0.25, -0.2) is 0 Å². The fourth-order valence-corrected chi connectivity index (χ4v) is 7.05. The summed E-state index contributed by atoms with van der Waals surface area (Å²) in [5.41, 5.74) is 0.203. The van der Waals surface area contributed by atoms with Gasteiger partial charge < -0.3 is 15.3 Å². The topological polar surface area (TPSA) is 86.7 Å². The molecule has 0 aromatic carbocycles. The molecule has 5 fully saturated rings. The lowest BCUT2D eigenvalue weighted by Crippen LogP contribution is -2.49. The predicted octanol–water partition coefficient (Wildman–Crippen LogP) is 2.81. The second-order valence-corrected chi connectivity index (χ2v) is 10.2. The lowest BCUT2D eigenvalue weighted by Gasteiger charge is -2.56. The molecule has 1 unspecified atom stereocenters. The first-order valence-electron chi connectivity index (χ1n) is 11.2. The molecule has 6 heteroatoms. The van der Waals surface area contributed by atoms with Crippen LogP contribution in [0, 0.1) is 29.1 Å². The Morgan fingerprint density at radius 2 is 1.68 bits per heavy atom. The third kappa shape index (κ3) is 4.52. The Morgan fingerprint density at radius 3 is 2.29 bits per heavy atom. The van der Waals surface area contributed by atoms with E-state index >= 15 is 0 Å². The number of nitrogens with zero attached hydrogens (tertiary/aromatic N) is 1. The number of nitrogens with one attached hydrogen (secondary N) is 1. The van der Waals surface area contributed by atoms with Crippen LogP contribution in [0.15, 0.2) is 0 Å². The zero-order chi connectivity index (χ0) is 19.7. The molecule has 28 heavy (non-hydrogen) atoms. The zero-order valence-electron chi connectivity index (χ0n) is 16.8. The molecule has 0 aromatic rings. The van der Waals surface area contributed by atoms with Crippen molar-refractivity contribution >= 4 is 17.8 Å². The van der Waals surface area contributed by atoms with Crippen molar-refractivity contribution < 1.29 is 19.5 Å². The fraction of sp³-hybridized carbons (Fsp3) is 0.864. The van der Waals surface area contributed by atoms with E-state index in [-0.39, 0.29) is 36.1 Å². The summed E-state index contributed by atoms with van der Waals surface area (Å²) in [5.74, 6) is 1.98. The van der Waals surface area contributed by atoms with Crippen molar-refractivity contribution in [1.82, 2.24) is 10.2 Å². The van der Waals surface area contributed by atoms with E-state index in [9.17, 15) is 14.4 Å². The molecule has 6 nitrogen and oxygen atoms in total. The van der Waals surface area contributed by atoms with Crippen molar-refractivity contribution in [2.24, 2.45) is 29.1 Å². The quantitative estimate of drug-likeness (QED) is 0.700. The smallest absolute Gasteiger partial charge is 0.303 e. The Hall–Kier alpha value is -1.59. The number of amides is 2. The van der Waals surface area contributed by atoms with E-state index < -0.39 is 5.97 Å². The Balaban J connectivity index is 1.22. The molecule has 2 N–H and O–H groups in total. The molecular weight excluding hydrogens is 356 g/mol. The molecule has 2 amide bonds. The van der Waals surface area contributed by atoms with E-state index in [0.717, 1.165) is 30.6 Å². The highest BCUT2D eigenvalue weighted by Gasteiger charge is 2.51. The lowest BCUT2D eigenvalue weighted by atomic mass is 9.49. The Morgan fingerprint density at radius 1 is 1.04 bits per heavy atom. The number of carboxylic acid groups (broad SMARTS) is 1. The summed E-state index contributed by atoms with van der Waals surface area (Å²) < 4.78 is 0. The summed E-state index contributed by atoms with van der Waals surface area (Å²) in [6.45, 7) is 1.42. The molecule has 4 aliphatic carbocycles. The fourth-order valence-electron chi connectivity index (χ4n) is 7.05. The highest BCUT2D eigenvalue weighted by molar-refractivity contribution is 5.85. The van der Waals surface area contributed by atoms with Crippen LogP contribution in [-0.2, 0) is 14.4 Å². The standard InChI is InChI=1S/C22H34N2O4/c25-19(12-22-9-16-6-17(10-22)8-18(7-16)11-22)23-13-20(26)24-5-1-2-15(14-24)3-4-21(27)28/h15-18H,1-14H2,(H,23,25)(H,27,28). The number of carbonyl (C=O) groups excluding carboxylic acids is 2. The molecule has 5 aliphatic rings. The molecule has 0 aromatic heterocycles. The van der Waals surface area contributed by atoms with E-state index in [1.165, 1.54) is 38.5 Å². The highest BCUT2D eigenvalue weighted by Crippen LogP contribution is 2.61. The monoisotopic (exact) mass is 390 g/mol. The molecular formula is C22H34N2O4. The van der Waals surface area contributed by atoms with E-state index in [4.69, 9.17) is 5.11 Å². The molecule has 5 rings (SSSR count). The lowest BCUT2D eigenvalue weighted by molar-refractivity contribution is -0.138. The minimum absolute atomic E-state index is 0.0288. The van der Waals surface area contributed by atoms with E-state index in [2.05, 4.69) is 5.32 Å². The van der Waals surface area contributed by atoms with Crippen LogP contribution >= 0.6 is 0 Å². The van der Waals surface area contributed by atoms with Crippen LogP contribution in [0.3, 0.4) is 0 Å². The summed E-state index contributed by atoms with van der Waals surface area (Å²) >= 11 is 0. The number of hydrogen-bond donors (Lipinski definition) is 2. The van der Waals surface area contributed by atoms with Crippen molar-refractivity contribution in [2.45, 2.75) is 70.6 Å². The third-order valence-corrected chi connectivity index (χ3v) is 7.78. The first-order valence-corrected chi connectivity index (χ1v) is 11.2. The largest absolute Gasteiger partial charge is 0.481 e. The van der Waals surface area contributed by atoms with Crippen molar-refractivity contribution in [3.8, 4) is 0 Å². The van der Waals surface area contributed by atoms with Gasteiger partial charge in [-0.2, -0.15) is 0 Å². The highest BCUT2D eigenvalue weighted by atomic mass is 16.4. The first-order chi connectivity index (χ1) is 13.4. The van der Waals surface area contributed by atoms with Gasteiger partial charge in [-0.3, -0.25) is 14.4 Å². The van der Waals surface area contributed by atoms with Gasteiger partial charge in [0.05, 0.1) is 6.54 Å². The second kappa shape index (κ2) is 8.03. The number of carboxylic acids is 1. The number of aliphatic carboxylic acids is 1. The average molecular weight is 391 g/mol. The number of likely N-dealkylation sites (tertiary alicyclic amines) is 1. The molecule has 1 aliphatic heterocycles. The summed E-state index contributed by atoms with van der Waals surface area (Å²) in [6.07, 6.45) is 11.0. The summed E-state index contributed by atoms with van der Waals surface area (Å²) in [5, 5.41) is 11.7. The molecule has 0 spiro atoms. The summed E-state index contributed by atoms with van der Waals surface area (Å²) in [6, 6.07) is 0. The maximum absolute atomic E-state index is 12.6. The van der Waals surface area contributed by atoms with Gasteiger partial charge in [0.25, 0.3) is 0 Å². The third-order valence-electron chi connectivity index (χ3n) is 7.78. The van der Waals surface area contributed by atoms with Gasteiger partial charge in [0.1, 0.15) is 0 Å². The maximum Gasteiger partial charge on any atom is 0.303 e. The minimum Gasteiger partial charge on any atom is -0.481 e.